The molecule has 1 aromatic carbocycles. The van der Waals surface area contributed by atoms with Crippen LogP contribution in [0.15, 0.2) is 24.3 Å². The molecule has 1 unspecified atom stereocenters. The second-order valence-electron chi connectivity index (χ2n) is 4.97. The van der Waals surface area contributed by atoms with Gasteiger partial charge in [-0.05, 0) is 37.5 Å². The van der Waals surface area contributed by atoms with Gasteiger partial charge in [0.05, 0.1) is 12.6 Å². The predicted molar refractivity (Wildman–Crippen MR) is 83.6 cm³/mol. The molecule has 4 nitrogen and oxygen atoms in total. The van der Waals surface area contributed by atoms with Crippen molar-refractivity contribution in [3.63, 3.8) is 0 Å². The largest absolute Gasteiger partial charge is 0.464 e. The number of hydrogen-bond donors (Lipinski definition) is 1. The van der Waals surface area contributed by atoms with Crippen LogP contribution in [0.5, 0.6) is 0 Å². The van der Waals surface area contributed by atoms with Crippen molar-refractivity contribution >= 4 is 24.1 Å². The van der Waals surface area contributed by atoms with E-state index in [0.29, 0.717) is 5.56 Å². The molecule has 0 radical (unpaired) electrons. The van der Waals surface area contributed by atoms with Crippen LogP contribution in [0.3, 0.4) is 0 Å². The minimum absolute atomic E-state index is 0. The average molecular weight is 317 g/mol. The normalized spacial score (nSPS) is 17.0. The number of nitrogens with two attached hydrogens (primary N) is 1. The van der Waals surface area contributed by atoms with E-state index in [1.807, 2.05) is 12.1 Å². The van der Waals surface area contributed by atoms with E-state index in [0.717, 1.165) is 18.8 Å². The number of hydrogen-bond acceptors (Lipinski definition) is 4. The molecule has 0 aliphatic carbocycles. The Bertz CT molecular complexity index is 449. The van der Waals surface area contributed by atoms with Crippen LogP contribution in [0, 0.1) is 0 Å². The molecule has 1 saturated heterocycles. The Morgan fingerprint density at radius 3 is 2.43 bits per heavy atom. The van der Waals surface area contributed by atoms with Gasteiger partial charge in [0.15, 0.2) is 0 Å². The first kappa shape index (κ1) is 17.7. The van der Waals surface area contributed by atoms with Gasteiger partial charge in [-0.1, -0.05) is 12.1 Å². The van der Waals surface area contributed by atoms with E-state index < -0.39 is 18.2 Å². The lowest BCUT2D eigenvalue weighted by Gasteiger charge is -2.20. The molecule has 1 fully saturated rings. The Labute approximate surface area is 130 Å². The molecule has 0 spiro atoms. The molecule has 2 rings (SSSR count). The number of ether oxygens (including phenoxy) is 1. The lowest BCUT2D eigenvalue weighted by Crippen LogP contribution is -2.31. The summed E-state index contributed by atoms with van der Waals surface area (Å²) in [5.41, 5.74) is 7.50. The quantitative estimate of drug-likeness (QED) is 0.848. The third-order valence-electron chi connectivity index (χ3n) is 3.58. The van der Waals surface area contributed by atoms with E-state index >= 15 is 0 Å². The van der Waals surface area contributed by atoms with Gasteiger partial charge in [0, 0.05) is 18.8 Å². The molecular weight excluding hydrogens is 295 g/mol. The van der Waals surface area contributed by atoms with E-state index in [2.05, 4.69) is 9.64 Å². The molecule has 0 bridgehead atoms. The summed E-state index contributed by atoms with van der Waals surface area (Å²) in [6.07, 6.45) is 0.584. The van der Waals surface area contributed by atoms with Crippen LogP contribution < -0.4 is 10.6 Å². The Balaban J connectivity index is 0.00000220. The van der Waals surface area contributed by atoms with Crippen molar-refractivity contribution in [2.45, 2.75) is 32.0 Å². The van der Waals surface area contributed by atoms with Crippen molar-refractivity contribution < 1.29 is 13.9 Å². The molecule has 1 heterocycles. The average Bonchev–Trinajstić information content (AvgIpc) is 3.00. The summed E-state index contributed by atoms with van der Waals surface area (Å²) < 4.78 is 18.5. The van der Waals surface area contributed by atoms with Gasteiger partial charge in [0.2, 0.25) is 6.17 Å². The molecule has 0 amide bonds. The summed E-state index contributed by atoms with van der Waals surface area (Å²) in [7, 11) is 0. The van der Waals surface area contributed by atoms with Crippen LogP contribution in [-0.4, -0.2) is 31.8 Å². The molecule has 1 aliphatic rings. The topological polar surface area (TPSA) is 55.6 Å². The minimum atomic E-state index is -1.83. The van der Waals surface area contributed by atoms with E-state index in [9.17, 15) is 9.18 Å². The van der Waals surface area contributed by atoms with Crippen LogP contribution in [0.25, 0.3) is 0 Å². The number of alkyl halides is 1. The molecule has 6 heteroatoms. The van der Waals surface area contributed by atoms with Crippen molar-refractivity contribution in [2.75, 3.05) is 24.6 Å². The first-order valence-electron chi connectivity index (χ1n) is 7.04. The van der Waals surface area contributed by atoms with Crippen molar-refractivity contribution in [1.29, 1.82) is 0 Å². The third-order valence-corrected chi connectivity index (χ3v) is 3.58. The number of rotatable bonds is 5. The van der Waals surface area contributed by atoms with Crippen LogP contribution in [0.4, 0.5) is 10.1 Å². The van der Waals surface area contributed by atoms with Gasteiger partial charge < -0.3 is 15.4 Å². The minimum Gasteiger partial charge on any atom is -0.464 e. The Kier molecular flexibility index (Phi) is 6.92. The van der Waals surface area contributed by atoms with Gasteiger partial charge in [-0.3, -0.25) is 0 Å². The summed E-state index contributed by atoms with van der Waals surface area (Å²) in [5.74, 6) is -0.899. The predicted octanol–water partition coefficient (Wildman–Crippen LogP) is 2.61. The number of esters is 1. The maximum atomic E-state index is 13.9. The molecule has 21 heavy (non-hydrogen) atoms. The van der Waals surface area contributed by atoms with Crippen LogP contribution in [-0.2, 0) is 9.53 Å². The Hall–Kier alpha value is -1.33. The van der Waals surface area contributed by atoms with E-state index in [4.69, 9.17) is 5.73 Å². The number of carbonyl (C=O) groups is 1. The monoisotopic (exact) mass is 316 g/mol. The number of carbonyl (C=O) groups excluding carboxylic acids is 1. The highest BCUT2D eigenvalue weighted by atomic mass is 35.5. The van der Waals surface area contributed by atoms with Crippen molar-refractivity contribution in [2.24, 2.45) is 5.73 Å². The summed E-state index contributed by atoms with van der Waals surface area (Å²) in [6.45, 7) is 3.90. The second-order valence-corrected chi connectivity index (χ2v) is 4.97. The van der Waals surface area contributed by atoms with E-state index in [-0.39, 0.29) is 19.0 Å². The highest BCUT2D eigenvalue weighted by Gasteiger charge is 2.27. The standard InChI is InChI=1S/C15H21FN2O2.ClH/c1-2-20-15(19)13(16)14(17)11-5-7-12(8-6-11)18-9-3-4-10-18;/h5-8,13-14H,2-4,9-10,17H2,1H3;1H/t13?,14-;/m0./s1. The van der Waals surface area contributed by atoms with Gasteiger partial charge in [-0.15, -0.1) is 12.4 Å². The summed E-state index contributed by atoms with van der Waals surface area (Å²) in [5, 5.41) is 0. The fourth-order valence-electron chi connectivity index (χ4n) is 2.42. The van der Waals surface area contributed by atoms with E-state index in [1.165, 1.54) is 12.8 Å². The summed E-state index contributed by atoms with van der Waals surface area (Å²) in [6, 6.07) is 6.44. The molecule has 118 valence electrons. The SMILES string of the molecule is CCOC(=O)C(F)[C@@H](N)c1ccc(N2CCCC2)cc1.Cl. The Morgan fingerprint density at radius 2 is 1.90 bits per heavy atom. The summed E-state index contributed by atoms with van der Waals surface area (Å²) in [4.78, 5) is 13.6. The van der Waals surface area contributed by atoms with Crippen molar-refractivity contribution in [1.82, 2.24) is 0 Å². The first-order chi connectivity index (χ1) is 9.63. The summed E-state index contributed by atoms with van der Waals surface area (Å²) >= 11 is 0. The van der Waals surface area contributed by atoms with Crippen molar-refractivity contribution in [3.8, 4) is 0 Å². The zero-order valence-electron chi connectivity index (χ0n) is 12.1. The fraction of sp³-hybridized carbons (Fsp3) is 0.533. The van der Waals surface area contributed by atoms with Crippen LogP contribution >= 0.6 is 12.4 Å². The van der Waals surface area contributed by atoms with Gasteiger partial charge in [-0.25, -0.2) is 9.18 Å². The van der Waals surface area contributed by atoms with Crippen molar-refractivity contribution in [3.05, 3.63) is 29.8 Å². The Morgan fingerprint density at radius 1 is 1.33 bits per heavy atom. The molecule has 2 N–H and O–H groups in total. The number of halogens is 2. The number of nitrogens with zero attached hydrogens (tertiary/aromatic N) is 1. The molecule has 1 aliphatic heterocycles. The highest BCUT2D eigenvalue weighted by Crippen LogP contribution is 2.24. The molecule has 1 aromatic rings. The van der Waals surface area contributed by atoms with Crippen LogP contribution in [0.1, 0.15) is 31.4 Å². The number of benzene rings is 1. The van der Waals surface area contributed by atoms with Gasteiger partial charge >= 0.3 is 5.97 Å². The second kappa shape index (κ2) is 8.20. The number of anilines is 1. The maximum Gasteiger partial charge on any atom is 0.342 e. The first-order valence-corrected chi connectivity index (χ1v) is 7.04. The maximum absolute atomic E-state index is 13.9. The molecule has 2 atom stereocenters. The van der Waals surface area contributed by atoms with Gasteiger partial charge in [-0.2, -0.15) is 0 Å². The molecule has 0 saturated carbocycles. The van der Waals surface area contributed by atoms with E-state index in [1.54, 1.807) is 19.1 Å². The molecular formula is C15H22ClFN2O2. The molecule has 0 aromatic heterocycles. The smallest absolute Gasteiger partial charge is 0.342 e. The zero-order chi connectivity index (χ0) is 14.5. The lowest BCUT2D eigenvalue weighted by atomic mass is 10.0. The third kappa shape index (κ3) is 4.32. The fourth-order valence-corrected chi connectivity index (χ4v) is 2.42. The zero-order valence-corrected chi connectivity index (χ0v) is 12.9. The highest BCUT2D eigenvalue weighted by molar-refractivity contribution is 5.85. The van der Waals surface area contributed by atoms with Gasteiger partial charge in [0.25, 0.3) is 0 Å². The lowest BCUT2D eigenvalue weighted by molar-refractivity contribution is -0.149. The van der Waals surface area contributed by atoms with Crippen LogP contribution in [0.2, 0.25) is 0 Å². The van der Waals surface area contributed by atoms with Gasteiger partial charge in [0.1, 0.15) is 0 Å².